The van der Waals surface area contributed by atoms with E-state index in [9.17, 15) is 9.90 Å². The number of nitrogens with zero attached hydrogens (tertiary/aromatic N) is 1. The van der Waals surface area contributed by atoms with Crippen LogP contribution in [0.5, 0.6) is 5.75 Å². The second-order valence-corrected chi connectivity index (χ2v) is 6.69. The minimum absolute atomic E-state index is 0.167. The third-order valence-corrected chi connectivity index (χ3v) is 4.75. The van der Waals surface area contributed by atoms with Gasteiger partial charge in [0.25, 0.3) is 0 Å². The predicted molar refractivity (Wildman–Crippen MR) is 104 cm³/mol. The standard InChI is InChI=1S/C21H26N2O5/c1-4-26-21(25)20-14(2)23(3)19-8-7-16(10-18(19)20)28-13-15(24)11-22-12-17-6-5-9-27-17/h5-10,15,22,24H,4,11-13H2,1-3H3/p+1. The molecule has 7 heteroatoms. The quantitative estimate of drug-likeness (QED) is 0.546. The molecule has 3 aromatic rings. The maximum absolute atomic E-state index is 12.4. The Balaban J connectivity index is 1.64. The molecule has 28 heavy (non-hydrogen) atoms. The number of nitrogens with two attached hydrogens (primary N) is 1. The summed E-state index contributed by atoms with van der Waals surface area (Å²) in [4.78, 5) is 12.4. The molecule has 2 aromatic heterocycles. The Bertz CT molecular complexity index is 930. The van der Waals surface area contributed by atoms with Gasteiger partial charge in [-0.25, -0.2) is 4.79 Å². The Morgan fingerprint density at radius 3 is 2.89 bits per heavy atom. The fourth-order valence-electron chi connectivity index (χ4n) is 3.21. The van der Waals surface area contributed by atoms with Crippen molar-refractivity contribution in [2.24, 2.45) is 7.05 Å². The molecule has 3 N–H and O–H groups in total. The highest BCUT2D eigenvalue weighted by Gasteiger charge is 2.20. The highest BCUT2D eigenvalue weighted by Crippen LogP contribution is 2.29. The monoisotopic (exact) mass is 387 g/mol. The van der Waals surface area contributed by atoms with Crippen molar-refractivity contribution in [1.82, 2.24) is 4.57 Å². The Hall–Kier alpha value is -2.77. The lowest BCUT2D eigenvalue weighted by molar-refractivity contribution is -0.678. The molecular weight excluding hydrogens is 360 g/mol. The Morgan fingerprint density at radius 2 is 2.18 bits per heavy atom. The number of esters is 1. The van der Waals surface area contributed by atoms with Gasteiger partial charge < -0.3 is 28.9 Å². The van der Waals surface area contributed by atoms with Crippen LogP contribution in [0, 0.1) is 6.92 Å². The lowest BCUT2D eigenvalue weighted by atomic mass is 10.1. The van der Waals surface area contributed by atoms with Gasteiger partial charge >= 0.3 is 5.97 Å². The van der Waals surface area contributed by atoms with Gasteiger partial charge in [0.1, 0.15) is 31.5 Å². The van der Waals surface area contributed by atoms with Crippen LogP contribution in [0.25, 0.3) is 10.9 Å². The minimum atomic E-state index is -0.618. The molecule has 0 fully saturated rings. The van der Waals surface area contributed by atoms with Crippen LogP contribution in [-0.2, 0) is 18.3 Å². The predicted octanol–water partition coefficient (Wildman–Crippen LogP) is 1.76. The SMILES string of the molecule is CCOC(=O)c1c(C)n(C)c2ccc(OCC(O)C[NH2+]Cc3ccco3)cc12. The molecule has 1 unspecified atom stereocenters. The summed E-state index contributed by atoms with van der Waals surface area (Å²) in [5, 5.41) is 12.9. The van der Waals surface area contributed by atoms with Crippen LogP contribution in [0.15, 0.2) is 41.0 Å². The van der Waals surface area contributed by atoms with E-state index < -0.39 is 6.10 Å². The number of quaternary nitrogens is 1. The molecule has 7 nitrogen and oxygen atoms in total. The van der Waals surface area contributed by atoms with E-state index in [0.29, 0.717) is 31.0 Å². The molecule has 3 rings (SSSR count). The van der Waals surface area contributed by atoms with Gasteiger partial charge in [-0.3, -0.25) is 0 Å². The fourth-order valence-corrected chi connectivity index (χ4v) is 3.21. The van der Waals surface area contributed by atoms with E-state index in [0.717, 1.165) is 22.4 Å². The van der Waals surface area contributed by atoms with Gasteiger partial charge in [0.15, 0.2) is 5.76 Å². The molecule has 0 aliphatic heterocycles. The smallest absolute Gasteiger partial charge is 0.340 e. The second kappa shape index (κ2) is 8.95. The fraction of sp³-hybridized carbons (Fsp3) is 0.381. The van der Waals surface area contributed by atoms with E-state index in [4.69, 9.17) is 13.9 Å². The molecule has 1 aromatic carbocycles. The van der Waals surface area contributed by atoms with E-state index in [1.165, 1.54) is 0 Å². The zero-order valence-electron chi connectivity index (χ0n) is 16.5. The first-order valence-corrected chi connectivity index (χ1v) is 9.42. The van der Waals surface area contributed by atoms with Gasteiger partial charge in [-0.2, -0.15) is 0 Å². The number of benzene rings is 1. The van der Waals surface area contributed by atoms with Crippen molar-refractivity contribution in [3.63, 3.8) is 0 Å². The summed E-state index contributed by atoms with van der Waals surface area (Å²) in [5.74, 6) is 1.13. The summed E-state index contributed by atoms with van der Waals surface area (Å²) in [5.41, 5.74) is 2.33. The topological polar surface area (TPSA) is 90.4 Å². The zero-order valence-corrected chi connectivity index (χ0v) is 16.5. The molecule has 0 spiro atoms. The summed E-state index contributed by atoms with van der Waals surface area (Å²) in [6.45, 7) is 5.35. The number of furan rings is 1. The average Bonchev–Trinajstić information content (AvgIpc) is 3.27. The highest BCUT2D eigenvalue weighted by atomic mass is 16.5. The molecule has 0 saturated carbocycles. The van der Waals surface area contributed by atoms with Crippen LogP contribution in [0.4, 0.5) is 0 Å². The van der Waals surface area contributed by atoms with Crippen molar-refractivity contribution in [2.45, 2.75) is 26.5 Å². The van der Waals surface area contributed by atoms with Crippen LogP contribution in [0.3, 0.4) is 0 Å². The third-order valence-electron chi connectivity index (χ3n) is 4.75. The molecule has 0 aliphatic rings. The number of aliphatic hydroxyl groups excluding tert-OH is 1. The summed E-state index contributed by atoms with van der Waals surface area (Å²) < 4.78 is 18.2. The van der Waals surface area contributed by atoms with Crippen molar-refractivity contribution >= 4 is 16.9 Å². The number of carbonyl (C=O) groups excluding carboxylic acids is 1. The molecule has 0 aliphatic carbocycles. The Morgan fingerprint density at radius 1 is 1.36 bits per heavy atom. The number of hydrogen-bond donors (Lipinski definition) is 2. The van der Waals surface area contributed by atoms with Crippen LogP contribution >= 0.6 is 0 Å². The average molecular weight is 387 g/mol. The normalized spacial score (nSPS) is 12.3. The first kappa shape index (κ1) is 20.0. The Kier molecular flexibility index (Phi) is 6.38. The number of rotatable bonds is 9. The van der Waals surface area contributed by atoms with Crippen LogP contribution in [0.1, 0.15) is 28.7 Å². The van der Waals surface area contributed by atoms with Crippen molar-refractivity contribution in [3.8, 4) is 5.75 Å². The molecular formula is C21H27N2O5+. The summed E-state index contributed by atoms with van der Waals surface area (Å²) in [6.07, 6.45) is 1.02. The summed E-state index contributed by atoms with van der Waals surface area (Å²) >= 11 is 0. The number of fused-ring (bicyclic) bond motifs is 1. The first-order valence-electron chi connectivity index (χ1n) is 9.42. The van der Waals surface area contributed by atoms with Gasteiger partial charge in [0, 0.05) is 23.6 Å². The first-order chi connectivity index (χ1) is 13.5. The molecule has 2 heterocycles. The molecule has 150 valence electrons. The van der Waals surface area contributed by atoms with Crippen LogP contribution in [0.2, 0.25) is 0 Å². The lowest BCUT2D eigenvalue weighted by Crippen LogP contribution is -2.85. The zero-order chi connectivity index (χ0) is 20.1. The largest absolute Gasteiger partial charge is 0.491 e. The van der Waals surface area contributed by atoms with Gasteiger partial charge in [-0.1, -0.05) is 0 Å². The Labute approximate surface area is 163 Å². The van der Waals surface area contributed by atoms with Crippen molar-refractivity contribution in [1.29, 1.82) is 0 Å². The molecule has 0 amide bonds. The second-order valence-electron chi connectivity index (χ2n) is 6.69. The summed E-state index contributed by atoms with van der Waals surface area (Å²) in [6, 6.07) is 9.33. The van der Waals surface area contributed by atoms with Gasteiger partial charge in [0.2, 0.25) is 0 Å². The van der Waals surface area contributed by atoms with Crippen molar-refractivity contribution in [3.05, 3.63) is 53.6 Å². The van der Waals surface area contributed by atoms with Gasteiger partial charge in [0.05, 0.1) is 18.4 Å². The van der Waals surface area contributed by atoms with E-state index >= 15 is 0 Å². The molecule has 0 saturated heterocycles. The lowest BCUT2D eigenvalue weighted by Gasteiger charge is -2.11. The maximum Gasteiger partial charge on any atom is 0.340 e. The number of ether oxygens (including phenoxy) is 2. The van der Waals surface area contributed by atoms with Crippen LogP contribution in [-0.4, -0.2) is 41.5 Å². The molecule has 0 radical (unpaired) electrons. The van der Waals surface area contributed by atoms with E-state index in [1.807, 2.05) is 54.2 Å². The molecule has 0 bridgehead atoms. The number of carbonyl (C=O) groups is 1. The minimum Gasteiger partial charge on any atom is -0.491 e. The van der Waals surface area contributed by atoms with Crippen molar-refractivity contribution in [2.75, 3.05) is 19.8 Å². The van der Waals surface area contributed by atoms with Gasteiger partial charge in [-0.05, 0) is 44.2 Å². The highest BCUT2D eigenvalue weighted by molar-refractivity contribution is 6.06. The van der Waals surface area contributed by atoms with Crippen molar-refractivity contribution < 1.29 is 29.1 Å². The maximum atomic E-state index is 12.4. The van der Waals surface area contributed by atoms with E-state index in [-0.39, 0.29) is 12.6 Å². The number of aryl methyl sites for hydroxylation is 1. The van der Waals surface area contributed by atoms with E-state index in [1.54, 1.807) is 13.2 Å². The van der Waals surface area contributed by atoms with E-state index in [2.05, 4.69) is 0 Å². The number of hydrogen-bond acceptors (Lipinski definition) is 5. The summed E-state index contributed by atoms with van der Waals surface area (Å²) in [7, 11) is 1.92. The number of aliphatic hydroxyl groups is 1. The van der Waals surface area contributed by atoms with Crippen LogP contribution < -0.4 is 10.1 Å². The third kappa shape index (κ3) is 4.37. The number of aromatic nitrogens is 1. The van der Waals surface area contributed by atoms with Gasteiger partial charge in [-0.15, -0.1) is 0 Å². The molecule has 1 atom stereocenters.